The Balaban J connectivity index is 2.20. The summed E-state index contributed by atoms with van der Waals surface area (Å²) in [5.41, 5.74) is 2.06. The fraction of sp³-hybridized carbons (Fsp3) is 0.235. The number of hydrogen-bond donors (Lipinski definition) is 1. The molecule has 0 aliphatic rings. The van der Waals surface area contributed by atoms with Gasteiger partial charge in [-0.1, -0.05) is 23.8 Å². The molecule has 1 amide bonds. The van der Waals surface area contributed by atoms with Crippen molar-refractivity contribution in [3.05, 3.63) is 54.1 Å². The van der Waals surface area contributed by atoms with Gasteiger partial charge in [-0.2, -0.15) is 0 Å². The molecule has 0 radical (unpaired) electrons. The maximum atomic E-state index is 12.2. The minimum Gasteiger partial charge on any atom is -0.497 e. The van der Waals surface area contributed by atoms with Crippen LogP contribution in [0.5, 0.6) is 5.75 Å². The van der Waals surface area contributed by atoms with Gasteiger partial charge in [-0.25, -0.2) is 8.42 Å². The molecule has 0 bridgehead atoms. The standard InChI is InChI=1S/C17H20N2O4S/c1-13-7-9-14(10-8-13)18-17(20)12-19(24(3,21)22)15-5-4-6-16(11-15)23-2/h4-11H,12H2,1-3H3,(H,18,20). The van der Waals surface area contributed by atoms with E-state index in [1.807, 2.05) is 19.1 Å². The summed E-state index contributed by atoms with van der Waals surface area (Å²) in [6.07, 6.45) is 1.06. The first-order valence-electron chi connectivity index (χ1n) is 7.28. The van der Waals surface area contributed by atoms with E-state index >= 15 is 0 Å². The zero-order valence-electron chi connectivity index (χ0n) is 13.8. The molecule has 0 aromatic heterocycles. The van der Waals surface area contributed by atoms with Crippen molar-refractivity contribution in [3.8, 4) is 5.75 Å². The predicted molar refractivity (Wildman–Crippen MR) is 95.0 cm³/mol. The lowest BCUT2D eigenvalue weighted by molar-refractivity contribution is -0.114. The number of nitrogens with zero attached hydrogens (tertiary/aromatic N) is 1. The summed E-state index contributed by atoms with van der Waals surface area (Å²) in [5.74, 6) is 0.0900. The number of aryl methyl sites for hydroxylation is 1. The molecule has 0 saturated heterocycles. The predicted octanol–water partition coefficient (Wildman–Crippen LogP) is 2.41. The molecule has 1 N–H and O–H groups in total. The molecule has 6 nitrogen and oxygen atoms in total. The van der Waals surface area contributed by atoms with Gasteiger partial charge in [0, 0.05) is 11.8 Å². The van der Waals surface area contributed by atoms with Crippen LogP contribution in [0.4, 0.5) is 11.4 Å². The summed E-state index contributed by atoms with van der Waals surface area (Å²) in [5, 5.41) is 2.69. The fourth-order valence-corrected chi connectivity index (χ4v) is 2.98. The van der Waals surface area contributed by atoms with Crippen molar-refractivity contribution in [1.29, 1.82) is 0 Å². The molecule has 0 aliphatic carbocycles. The van der Waals surface area contributed by atoms with Crippen molar-refractivity contribution >= 4 is 27.3 Å². The van der Waals surface area contributed by atoms with E-state index in [0.717, 1.165) is 16.1 Å². The fourth-order valence-electron chi connectivity index (χ4n) is 2.13. The van der Waals surface area contributed by atoms with Crippen molar-refractivity contribution in [2.75, 3.05) is 29.5 Å². The topological polar surface area (TPSA) is 75.7 Å². The molecule has 0 atom stereocenters. The number of nitrogens with one attached hydrogen (secondary N) is 1. The Hall–Kier alpha value is -2.54. The lowest BCUT2D eigenvalue weighted by Gasteiger charge is -2.22. The van der Waals surface area contributed by atoms with E-state index in [1.165, 1.54) is 7.11 Å². The molecular weight excluding hydrogens is 328 g/mol. The minimum atomic E-state index is -3.62. The highest BCUT2D eigenvalue weighted by molar-refractivity contribution is 7.92. The lowest BCUT2D eigenvalue weighted by Crippen LogP contribution is -2.37. The van der Waals surface area contributed by atoms with Crippen LogP contribution in [-0.2, 0) is 14.8 Å². The average molecular weight is 348 g/mol. The largest absolute Gasteiger partial charge is 0.497 e. The maximum absolute atomic E-state index is 12.2. The van der Waals surface area contributed by atoms with Gasteiger partial charge in [0.2, 0.25) is 15.9 Å². The van der Waals surface area contributed by atoms with Crippen LogP contribution in [0, 0.1) is 6.92 Å². The van der Waals surface area contributed by atoms with Gasteiger partial charge in [0.25, 0.3) is 0 Å². The number of sulfonamides is 1. The normalized spacial score (nSPS) is 11.0. The summed E-state index contributed by atoms with van der Waals surface area (Å²) in [6.45, 7) is 1.62. The van der Waals surface area contributed by atoms with Crippen LogP contribution in [0.2, 0.25) is 0 Å². The van der Waals surface area contributed by atoms with E-state index in [1.54, 1.807) is 36.4 Å². The molecule has 0 unspecified atom stereocenters. The SMILES string of the molecule is COc1cccc(N(CC(=O)Nc2ccc(C)cc2)S(C)(=O)=O)c1. The number of hydrogen-bond acceptors (Lipinski definition) is 4. The Bertz CT molecular complexity index is 817. The maximum Gasteiger partial charge on any atom is 0.245 e. The van der Waals surface area contributed by atoms with E-state index in [2.05, 4.69) is 5.32 Å². The van der Waals surface area contributed by atoms with Gasteiger partial charge in [0.1, 0.15) is 12.3 Å². The molecule has 128 valence electrons. The second-order valence-electron chi connectivity index (χ2n) is 5.39. The number of carbonyl (C=O) groups excluding carboxylic acids is 1. The quantitative estimate of drug-likeness (QED) is 0.870. The molecule has 0 spiro atoms. The number of anilines is 2. The second-order valence-corrected chi connectivity index (χ2v) is 7.29. The van der Waals surface area contributed by atoms with Gasteiger partial charge in [-0.3, -0.25) is 9.10 Å². The highest BCUT2D eigenvalue weighted by atomic mass is 32.2. The Kier molecular flexibility index (Phi) is 5.46. The van der Waals surface area contributed by atoms with Gasteiger partial charge in [0.05, 0.1) is 19.1 Å². The molecule has 24 heavy (non-hydrogen) atoms. The van der Waals surface area contributed by atoms with Gasteiger partial charge in [-0.15, -0.1) is 0 Å². The summed E-state index contributed by atoms with van der Waals surface area (Å²) in [7, 11) is -2.13. The van der Waals surface area contributed by atoms with E-state index in [0.29, 0.717) is 17.1 Å². The van der Waals surface area contributed by atoms with Crippen LogP contribution in [0.1, 0.15) is 5.56 Å². The van der Waals surface area contributed by atoms with E-state index in [-0.39, 0.29) is 6.54 Å². The van der Waals surface area contributed by atoms with Crippen LogP contribution in [0.15, 0.2) is 48.5 Å². The number of ether oxygens (including phenoxy) is 1. The Labute approximate surface area is 142 Å². The van der Waals surface area contributed by atoms with Gasteiger partial charge in [-0.05, 0) is 31.2 Å². The Morgan fingerprint density at radius 1 is 1.17 bits per heavy atom. The lowest BCUT2D eigenvalue weighted by atomic mass is 10.2. The van der Waals surface area contributed by atoms with Crippen LogP contribution in [-0.4, -0.2) is 34.2 Å². The smallest absolute Gasteiger partial charge is 0.245 e. The molecule has 0 saturated carbocycles. The molecule has 7 heteroatoms. The Morgan fingerprint density at radius 2 is 1.83 bits per heavy atom. The van der Waals surface area contributed by atoms with Crippen molar-refractivity contribution in [1.82, 2.24) is 0 Å². The molecule has 0 fully saturated rings. The Morgan fingerprint density at radius 3 is 2.42 bits per heavy atom. The zero-order chi connectivity index (χ0) is 17.7. The van der Waals surface area contributed by atoms with E-state index < -0.39 is 15.9 Å². The second kappa shape index (κ2) is 7.35. The molecule has 2 aromatic carbocycles. The molecule has 0 heterocycles. The van der Waals surface area contributed by atoms with Crippen LogP contribution in [0.25, 0.3) is 0 Å². The molecular formula is C17H20N2O4S. The first kappa shape index (κ1) is 17.8. The molecule has 2 rings (SSSR count). The van der Waals surface area contributed by atoms with E-state index in [4.69, 9.17) is 4.74 Å². The highest BCUT2D eigenvalue weighted by Crippen LogP contribution is 2.23. The first-order chi connectivity index (χ1) is 11.3. The summed E-state index contributed by atoms with van der Waals surface area (Å²) in [6, 6.07) is 13.8. The highest BCUT2D eigenvalue weighted by Gasteiger charge is 2.21. The zero-order valence-corrected chi connectivity index (χ0v) is 14.6. The van der Waals surface area contributed by atoms with Crippen LogP contribution in [0.3, 0.4) is 0 Å². The van der Waals surface area contributed by atoms with Gasteiger partial charge in [0.15, 0.2) is 0 Å². The first-order valence-corrected chi connectivity index (χ1v) is 9.13. The molecule has 2 aromatic rings. The van der Waals surface area contributed by atoms with Crippen molar-refractivity contribution in [3.63, 3.8) is 0 Å². The summed E-state index contributed by atoms with van der Waals surface area (Å²) < 4.78 is 30.3. The van der Waals surface area contributed by atoms with Crippen molar-refractivity contribution in [2.24, 2.45) is 0 Å². The van der Waals surface area contributed by atoms with Crippen LogP contribution < -0.4 is 14.4 Å². The average Bonchev–Trinajstić information content (AvgIpc) is 2.54. The third-order valence-electron chi connectivity index (χ3n) is 3.36. The third-order valence-corrected chi connectivity index (χ3v) is 4.50. The van der Waals surface area contributed by atoms with Crippen molar-refractivity contribution in [2.45, 2.75) is 6.92 Å². The summed E-state index contributed by atoms with van der Waals surface area (Å²) in [4.78, 5) is 12.2. The van der Waals surface area contributed by atoms with E-state index in [9.17, 15) is 13.2 Å². The number of carbonyl (C=O) groups is 1. The number of amides is 1. The number of benzene rings is 2. The summed E-state index contributed by atoms with van der Waals surface area (Å²) >= 11 is 0. The van der Waals surface area contributed by atoms with Crippen LogP contribution >= 0.6 is 0 Å². The number of rotatable bonds is 6. The number of methoxy groups -OCH3 is 1. The van der Waals surface area contributed by atoms with Gasteiger partial charge >= 0.3 is 0 Å². The third kappa shape index (κ3) is 4.73. The minimum absolute atomic E-state index is 0.320. The molecule has 0 aliphatic heterocycles. The van der Waals surface area contributed by atoms with Crippen molar-refractivity contribution < 1.29 is 17.9 Å². The van der Waals surface area contributed by atoms with Gasteiger partial charge < -0.3 is 10.1 Å². The monoisotopic (exact) mass is 348 g/mol.